The van der Waals surface area contributed by atoms with Crippen molar-refractivity contribution in [2.45, 2.75) is 0 Å². The second-order valence-electron chi connectivity index (χ2n) is 4.14. The van der Waals surface area contributed by atoms with Gasteiger partial charge in [0.25, 0.3) is 0 Å². The molecule has 0 atom stereocenters. The highest BCUT2D eigenvalue weighted by Gasteiger charge is 2.14. The van der Waals surface area contributed by atoms with E-state index in [2.05, 4.69) is 0 Å². The number of carboxylic acid groups (broad SMARTS) is 1. The molecule has 0 aliphatic carbocycles. The molecule has 2 aromatic rings. The molecule has 0 aliphatic rings. The molecular formula is C15H14O5. The van der Waals surface area contributed by atoms with Gasteiger partial charge in [0.2, 0.25) is 0 Å². The van der Waals surface area contributed by atoms with E-state index in [0.29, 0.717) is 22.6 Å². The number of benzene rings is 2. The minimum absolute atomic E-state index is 0.00760. The van der Waals surface area contributed by atoms with Crippen molar-refractivity contribution < 1.29 is 24.5 Å². The standard InChI is InChI=1S/C15H14O5/c1-19-11-5-9(6-12(8-11)20-2)14-7-10(16)3-4-13(14)15(17)18/h3-8,16H,1-2H3,(H,17,18). The second kappa shape index (κ2) is 5.52. The van der Waals surface area contributed by atoms with Crippen molar-refractivity contribution in [2.75, 3.05) is 14.2 Å². The largest absolute Gasteiger partial charge is 0.508 e. The van der Waals surface area contributed by atoms with Crippen LogP contribution >= 0.6 is 0 Å². The molecule has 0 amide bonds. The number of rotatable bonds is 4. The van der Waals surface area contributed by atoms with Crippen LogP contribution in [-0.4, -0.2) is 30.4 Å². The van der Waals surface area contributed by atoms with Gasteiger partial charge in [-0.25, -0.2) is 4.79 Å². The lowest BCUT2D eigenvalue weighted by Gasteiger charge is -2.11. The molecule has 20 heavy (non-hydrogen) atoms. The highest BCUT2D eigenvalue weighted by atomic mass is 16.5. The van der Waals surface area contributed by atoms with Crippen LogP contribution in [0, 0.1) is 0 Å². The van der Waals surface area contributed by atoms with Crippen molar-refractivity contribution in [3.05, 3.63) is 42.0 Å². The molecule has 0 aliphatic heterocycles. The van der Waals surface area contributed by atoms with Crippen molar-refractivity contribution in [1.29, 1.82) is 0 Å². The molecule has 0 saturated heterocycles. The summed E-state index contributed by atoms with van der Waals surface area (Å²) in [6.45, 7) is 0. The Bertz CT molecular complexity index is 626. The Morgan fingerprint density at radius 1 is 1.00 bits per heavy atom. The Hall–Kier alpha value is -2.69. The molecule has 0 bridgehead atoms. The third kappa shape index (κ3) is 2.66. The van der Waals surface area contributed by atoms with Crippen LogP contribution in [0.3, 0.4) is 0 Å². The van der Waals surface area contributed by atoms with E-state index in [1.54, 1.807) is 18.2 Å². The third-order valence-corrected chi connectivity index (χ3v) is 2.90. The number of carboxylic acids is 1. The SMILES string of the molecule is COc1cc(OC)cc(-c2cc(O)ccc2C(=O)O)c1. The highest BCUT2D eigenvalue weighted by Crippen LogP contribution is 2.33. The van der Waals surface area contributed by atoms with Gasteiger partial charge >= 0.3 is 5.97 Å². The number of ether oxygens (including phenoxy) is 2. The van der Waals surface area contributed by atoms with Crippen molar-refractivity contribution in [3.63, 3.8) is 0 Å². The minimum Gasteiger partial charge on any atom is -0.508 e. The summed E-state index contributed by atoms with van der Waals surface area (Å²) in [7, 11) is 3.03. The number of hydrogen-bond donors (Lipinski definition) is 2. The zero-order valence-electron chi connectivity index (χ0n) is 11.1. The van der Waals surface area contributed by atoms with E-state index in [4.69, 9.17) is 9.47 Å². The Kier molecular flexibility index (Phi) is 3.79. The van der Waals surface area contributed by atoms with E-state index in [-0.39, 0.29) is 11.3 Å². The smallest absolute Gasteiger partial charge is 0.336 e. The fourth-order valence-electron chi connectivity index (χ4n) is 1.92. The summed E-state index contributed by atoms with van der Waals surface area (Å²) < 4.78 is 10.3. The first-order valence-electron chi connectivity index (χ1n) is 5.85. The molecular weight excluding hydrogens is 260 g/mol. The zero-order valence-corrected chi connectivity index (χ0v) is 11.1. The van der Waals surface area contributed by atoms with Crippen LogP contribution in [-0.2, 0) is 0 Å². The maximum Gasteiger partial charge on any atom is 0.336 e. The summed E-state index contributed by atoms with van der Waals surface area (Å²) in [4.78, 5) is 11.3. The maximum atomic E-state index is 11.3. The van der Waals surface area contributed by atoms with Crippen molar-refractivity contribution in [3.8, 4) is 28.4 Å². The lowest BCUT2D eigenvalue weighted by Crippen LogP contribution is -1.99. The lowest BCUT2D eigenvalue weighted by atomic mass is 9.99. The molecule has 2 N–H and O–H groups in total. The Balaban J connectivity index is 2.66. The highest BCUT2D eigenvalue weighted by molar-refractivity contribution is 5.96. The van der Waals surface area contributed by atoms with Crippen molar-refractivity contribution >= 4 is 5.97 Å². The first-order valence-corrected chi connectivity index (χ1v) is 5.85. The van der Waals surface area contributed by atoms with E-state index < -0.39 is 5.97 Å². The average molecular weight is 274 g/mol. The van der Waals surface area contributed by atoms with Crippen LogP contribution in [0.15, 0.2) is 36.4 Å². The second-order valence-corrected chi connectivity index (χ2v) is 4.14. The van der Waals surface area contributed by atoms with Gasteiger partial charge < -0.3 is 19.7 Å². The zero-order chi connectivity index (χ0) is 14.7. The van der Waals surface area contributed by atoms with E-state index in [9.17, 15) is 15.0 Å². The van der Waals surface area contributed by atoms with Gasteiger partial charge in [0.1, 0.15) is 17.2 Å². The van der Waals surface area contributed by atoms with E-state index in [1.807, 2.05) is 0 Å². The number of phenolic OH excluding ortho intramolecular Hbond substituents is 1. The molecule has 0 unspecified atom stereocenters. The summed E-state index contributed by atoms with van der Waals surface area (Å²) in [6, 6.07) is 9.15. The van der Waals surface area contributed by atoms with Gasteiger partial charge in [-0.1, -0.05) is 0 Å². The normalized spacial score (nSPS) is 10.1. The van der Waals surface area contributed by atoms with Gasteiger partial charge in [0.05, 0.1) is 19.8 Å². The summed E-state index contributed by atoms with van der Waals surface area (Å²) in [5.74, 6) is 0.00615. The predicted octanol–water partition coefficient (Wildman–Crippen LogP) is 2.77. The number of hydrogen-bond acceptors (Lipinski definition) is 4. The van der Waals surface area contributed by atoms with Gasteiger partial charge in [-0.15, -0.1) is 0 Å². The molecule has 104 valence electrons. The fourth-order valence-corrected chi connectivity index (χ4v) is 1.92. The van der Waals surface area contributed by atoms with Gasteiger partial charge in [-0.3, -0.25) is 0 Å². The lowest BCUT2D eigenvalue weighted by molar-refractivity contribution is 0.0697. The van der Waals surface area contributed by atoms with E-state index >= 15 is 0 Å². The summed E-state index contributed by atoms with van der Waals surface area (Å²) in [5.41, 5.74) is 1.09. The molecule has 0 heterocycles. The van der Waals surface area contributed by atoms with Crippen molar-refractivity contribution in [2.24, 2.45) is 0 Å². The minimum atomic E-state index is -1.07. The van der Waals surface area contributed by atoms with E-state index in [1.165, 1.54) is 32.4 Å². The van der Waals surface area contributed by atoms with Crippen LogP contribution in [0.1, 0.15) is 10.4 Å². The van der Waals surface area contributed by atoms with Crippen LogP contribution in [0.25, 0.3) is 11.1 Å². The topological polar surface area (TPSA) is 76.0 Å². The quantitative estimate of drug-likeness (QED) is 0.896. The third-order valence-electron chi connectivity index (χ3n) is 2.90. The van der Waals surface area contributed by atoms with Crippen LogP contribution in [0.2, 0.25) is 0 Å². The van der Waals surface area contributed by atoms with Gasteiger partial charge in [-0.05, 0) is 35.9 Å². The maximum absolute atomic E-state index is 11.3. The van der Waals surface area contributed by atoms with Crippen molar-refractivity contribution in [1.82, 2.24) is 0 Å². The predicted molar refractivity (Wildman–Crippen MR) is 73.6 cm³/mol. The Morgan fingerprint density at radius 2 is 1.60 bits per heavy atom. The molecule has 5 nitrogen and oxygen atoms in total. The summed E-state index contributed by atoms with van der Waals surface area (Å²) in [6.07, 6.45) is 0. The first kappa shape index (κ1) is 13.7. The molecule has 0 fully saturated rings. The van der Waals surface area contributed by atoms with Gasteiger partial charge in [-0.2, -0.15) is 0 Å². The van der Waals surface area contributed by atoms with Crippen LogP contribution in [0.4, 0.5) is 0 Å². The first-order chi connectivity index (χ1) is 9.55. The van der Waals surface area contributed by atoms with Gasteiger partial charge in [0, 0.05) is 11.6 Å². The fraction of sp³-hybridized carbons (Fsp3) is 0.133. The molecule has 2 aromatic carbocycles. The molecule has 2 rings (SSSR count). The summed E-state index contributed by atoms with van der Waals surface area (Å²) in [5, 5.41) is 18.8. The molecule has 0 saturated carbocycles. The average Bonchev–Trinajstić information content (AvgIpc) is 2.46. The van der Waals surface area contributed by atoms with Crippen LogP contribution in [0.5, 0.6) is 17.2 Å². The van der Waals surface area contributed by atoms with Gasteiger partial charge in [0.15, 0.2) is 0 Å². The van der Waals surface area contributed by atoms with E-state index in [0.717, 1.165) is 0 Å². The molecule has 5 heteroatoms. The number of methoxy groups -OCH3 is 2. The molecule has 0 aromatic heterocycles. The number of aromatic carboxylic acids is 1. The number of phenols is 1. The monoisotopic (exact) mass is 274 g/mol. The van der Waals surface area contributed by atoms with Crippen LogP contribution < -0.4 is 9.47 Å². The Morgan fingerprint density at radius 3 is 2.10 bits per heavy atom. The summed E-state index contributed by atoms with van der Waals surface area (Å²) >= 11 is 0. The molecule has 0 spiro atoms. The molecule has 0 radical (unpaired) electrons. The number of carbonyl (C=O) groups is 1. The Labute approximate surface area is 116 Å². The number of aromatic hydroxyl groups is 1.